The Labute approximate surface area is 161 Å². The highest BCUT2D eigenvalue weighted by Gasteiger charge is 2.28. The second-order valence-corrected chi connectivity index (χ2v) is 8.27. The Morgan fingerprint density at radius 1 is 0.963 bits per heavy atom. The number of rotatable bonds is 5. The Morgan fingerprint density at radius 3 is 1.93 bits per heavy atom. The van der Waals surface area contributed by atoms with Gasteiger partial charge in [-0.05, 0) is 61.5 Å². The summed E-state index contributed by atoms with van der Waals surface area (Å²) in [5.74, 6) is -0.750. The van der Waals surface area contributed by atoms with E-state index in [0.717, 1.165) is 0 Å². The number of ether oxygens (including phenoxy) is 2. The van der Waals surface area contributed by atoms with Crippen molar-refractivity contribution in [1.82, 2.24) is 9.47 Å². The van der Waals surface area contributed by atoms with Crippen LogP contribution >= 0.6 is 0 Å². The maximum absolute atomic E-state index is 12.8. The number of carbonyl (C=O) groups excluding carboxylic acids is 3. The van der Waals surface area contributed by atoms with Gasteiger partial charge in [-0.15, -0.1) is 0 Å². The maximum atomic E-state index is 12.8. The summed E-state index contributed by atoms with van der Waals surface area (Å²) in [4.78, 5) is 39.4. The zero-order chi connectivity index (χ0) is 21.0. The summed E-state index contributed by atoms with van der Waals surface area (Å²) in [7, 11) is 0. The van der Waals surface area contributed by atoms with Crippen LogP contribution in [0.15, 0.2) is 12.3 Å². The molecule has 0 spiro atoms. The zero-order valence-corrected chi connectivity index (χ0v) is 17.7. The van der Waals surface area contributed by atoms with Gasteiger partial charge in [0.15, 0.2) is 0 Å². The highest BCUT2D eigenvalue weighted by Crippen LogP contribution is 2.19. The van der Waals surface area contributed by atoms with Crippen LogP contribution in [0.2, 0.25) is 0 Å². The smallest absolute Gasteiger partial charge is 0.418 e. The highest BCUT2D eigenvalue weighted by molar-refractivity contribution is 5.97. The van der Waals surface area contributed by atoms with Gasteiger partial charge >= 0.3 is 12.1 Å². The van der Waals surface area contributed by atoms with E-state index in [4.69, 9.17) is 9.47 Å². The topological polar surface area (TPSA) is 77.8 Å². The number of hydrogen-bond acceptors (Lipinski definition) is 5. The van der Waals surface area contributed by atoms with Crippen LogP contribution in [-0.2, 0) is 20.7 Å². The Morgan fingerprint density at radius 2 is 1.48 bits per heavy atom. The van der Waals surface area contributed by atoms with Crippen LogP contribution in [0, 0.1) is 0 Å². The molecule has 152 valence electrons. The fourth-order valence-corrected chi connectivity index (χ4v) is 2.52. The first-order valence-electron chi connectivity index (χ1n) is 9.23. The van der Waals surface area contributed by atoms with Crippen molar-refractivity contribution in [2.75, 3.05) is 13.1 Å². The van der Waals surface area contributed by atoms with Gasteiger partial charge in [-0.1, -0.05) is 0 Å². The molecular formula is C20H32N2O5. The SMILES string of the molecule is CCN(CC)C(=O)c1ccn(C(=O)OC(C)(C)C)c1CC(=O)OC(C)(C)C. The molecule has 7 nitrogen and oxygen atoms in total. The van der Waals surface area contributed by atoms with Crippen molar-refractivity contribution >= 4 is 18.0 Å². The molecule has 0 aliphatic rings. The van der Waals surface area contributed by atoms with Crippen LogP contribution in [0.5, 0.6) is 0 Å². The fraction of sp³-hybridized carbons (Fsp3) is 0.650. The van der Waals surface area contributed by atoms with Crippen molar-refractivity contribution in [2.24, 2.45) is 0 Å². The predicted octanol–water partition coefficient (Wildman–Crippen LogP) is 3.64. The van der Waals surface area contributed by atoms with E-state index in [2.05, 4.69) is 0 Å². The number of carbonyl (C=O) groups is 3. The van der Waals surface area contributed by atoms with Gasteiger partial charge in [-0.25, -0.2) is 4.79 Å². The van der Waals surface area contributed by atoms with Crippen molar-refractivity contribution < 1.29 is 23.9 Å². The molecule has 1 heterocycles. The molecule has 0 atom stereocenters. The minimum atomic E-state index is -0.701. The van der Waals surface area contributed by atoms with Crippen LogP contribution < -0.4 is 0 Å². The quantitative estimate of drug-likeness (QED) is 0.729. The van der Waals surface area contributed by atoms with Gasteiger partial charge in [-0.2, -0.15) is 0 Å². The van der Waals surface area contributed by atoms with Crippen molar-refractivity contribution in [1.29, 1.82) is 0 Å². The number of nitrogens with zero attached hydrogens (tertiary/aromatic N) is 2. The minimum Gasteiger partial charge on any atom is -0.460 e. The first-order valence-corrected chi connectivity index (χ1v) is 9.23. The second-order valence-electron chi connectivity index (χ2n) is 8.27. The number of aromatic nitrogens is 1. The normalized spacial score (nSPS) is 11.9. The second kappa shape index (κ2) is 8.59. The molecule has 0 aliphatic heterocycles. The molecule has 0 N–H and O–H groups in total. The van der Waals surface area contributed by atoms with E-state index >= 15 is 0 Å². The lowest BCUT2D eigenvalue weighted by molar-refractivity contribution is -0.154. The molecule has 0 bridgehead atoms. The van der Waals surface area contributed by atoms with E-state index < -0.39 is 23.3 Å². The Bertz CT molecular complexity index is 688. The summed E-state index contributed by atoms with van der Waals surface area (Å²) in [6.07, 6.45) is 0.621. The van der Waals surface area contributed by atoms with E-state index in [9.17, 15) is 14.4 Å². The third-order valence-corrected chi connectivity index (χ3v) is 3.60. The van der Waals surface area contributed by atoms with Crippen molar-refractivity contribution in [3.63, 3.8) is 0 Å². The predicted molar refractivity (Wildman–Crippen MR) is 103 cm³/mol. The molecule has 1 amide bonds. The minimum absolute atomic E-state index is 0.203. The maximum Gasteiger partial charge on any atom is 0.418 e. The van der Waals surface area contributed by atoms with E-state index in [1.165, 1.54) is 10.8 Å². The van der Waals surface area contributed by atoms with Gasteiger partial charge in [-0.3, -0.25) is 14.2 Å². The summed E-state index contributed by atoms with van der Waals surface area (Å²) < 4.78 is 12.0. The van der Waals surface area contributed by atoms with Crippen molar-refractivity contribution in [3.05, 3.63) is 23.5 Å². The number of hydrogen-bond donors (Lipinski definition) is 0. The average Bonchev–Trinajstić information content (AvgIpc) is 2.88. The number of esters is 1. The standard InChI is InChI=1S/C20H32N2O5/c1-9-21(10-2)17(24)14-11-12-22(18(25)27-20(6,7)8)15(14)13-16(23)26-19(3,4)5/h11-12H,9-10,13H2,1-8H3. The number of amides is 1. The van der Waals surface area contributed by atoms with Crippen LogP contribution in [0.1, 0.15) is 71.4 Å². The third-order valence-electron chi connectivity index (χ3n) is 3.60. The van der Waals surface area contributed by atoms with Gasteiger partial charge in [0, 0.05) is 19.3 Å². The first-order chi connectivity index (χ1) is 12.3. The summed E-state index contributed by atoms with van der Waals surface area (Å²) in [6.45, 7) is 15.4. The monoisotopic (exact) mass is 380 g/mol. The Kier molecular flexibility index (Phi) is 7.23. The average molecular weight is 380 g/mol. The zero-order valence-electron chi connectivity index (χ0n) is 17.7. The molecule has 7 heteroatoms. The van der Waals surface area contributed by atoms with Gasteiger partial charge in [0.2, 0.25) is 0 Å². The van der Waals surface area contributed by atoms with E-state index in [1.54, 1.807) is 52.5 Å². The van der Waals surface area contributed by atoms with Crippen LogP contribution in [0.3, 0.4) is 0 Å². The molecule has 0 fully saturated rings. The Balaban J connectivity index is 3.30. The molecule has 0 radical (unpaired) electrons. The lowest BCUT2D eigenvalue weighted by Gasteiger charge is -2.23. The molecule has 1 rings (SSSR count). The van der Waals surface area contributed by atoms with Gasteiger partial charge in [0.1, 0.15) is 11.2 Å². The van der Waals surface area contributed by atoms with Gasteiger partial charge in [0.05, 0.1) is 17.7 Å². The van der Waals surface area contributed by atoms with Gasteiger partial charge < -0.3 is 14.4 Å². The van der Waals surface area contributed by atoms with Crippen LogP contribution in [0.25, 0.3) is 0 Å². The first kappa shape index (κ1) is 22.7. The lowest BCUT2D eigenvalue weighted by atomic mass is 10.1. The molecule has 1 aromatic heterocycles. The summed E-state index contributed by atoms with van der Waals surface area (Å²) in [5.41, 5.74) is -0.789. The highest BCUT2D eigenvalue weighted by atomic mass is 16.6. The molecule has 0 aromatic carbocycles. The van der Waals surface area contributed by atoms with Crippen LogP contribution in [0.4, 0.5) is 4.79 Å². The van der Waals surface area contributed by atoms with Crippen molar-refractivity contribution in [2.45, 2.75) is 73.0 Å². The molecule has 0 aliphatic carbocycles. The molecule has 0 saturated carbocycles. The summed E-state index contributed by atoms with van der Waals surface area (Å²) in [5, 5.41) is 0. The van der Waals surface area contributed by atoms with Gasteiger partial charge in [0.25, 0.3) is 5.91 Å². The van der Waals surface area contributed by atoms with E-state index in [1.807, 2.05) is 13.8 Å². The Hall–Kier alpha value is -2.31. The lowest BCUT2D eigenvalue weighted by Crippen LogP contribution is -2.33. The molecular weight excluding hydrogens is 348 g/mol. The third kappa shape index (κ3) is 6.73. The molecule has 0 unspecified atom stereocenters. The van der Waals surface area contributed by atoms with Crippen molar-refractivity contribution in [3.8, 4) is 0 Å². The molecule has 1 aromatic rings. The largest absolute Gasteiger partial charge is 0.460 e. The van der Waals surface area contributed by atoms with Crippen LogP contribution in [-0.4, -0.2) is 51.7 Å². The fourth-order valence-electron chi connectivity index (χ4n) is 2.52. The summed E-state index contributed by atoms with van der Waals surface area (Å²) in [6, 6.07) is 1.55. The molecule has 0 saturated heterocycles. The van der Waals surface area contributed by atoms with E-state index in [-0.39, 0.29) is 18.0 Å². The van der Waals surface area contributed by atoms with E-state index in [0.29, 0.717) is 18.7 Å². The molecule has 27 heavy (non-hydrogen) atoms. The summed E-state index contributed by atoms with van der Waals surface area (Å²) >= 11 is 0.